The first kappa shape index (κ1) is 24.8. The summed E-state index contributed by atoms with van der Waals surface area (Å²) in [6.07, 6.45) is 8.47. The van der Waals surface area contributed by atoms with Gasteiger partial charge in [-0.05, 0) is 69.1 Å². The lowest BCUT2D eigenvalue weighted by molar-refractivity contribution is 0.0455. The van der Waals surface area contributed by atoms with Gasteiger partial charge in [-0.2, -0.15) is 5.26 Å². The van der Waals surface area contributed by atoms with Gasteiger partial charge >= 0.3 is 0 Å². The molecule has 2 aliphatic rings. The Morgan fingerprint density at radius 3 is 2.74 bits per heavy atom. The predicted octanol–water partition coefficient (Wildman–Crippen LogP) is 5.19. The van der Waals surface area contributed by atoms with Crippen LogP contribution in [0.1, 0.15) is 44.2 Å². The van der Waals surface area contributed by atoms with E-state index in [0.29, 0.717) is 43.3 Å². The van der Waals surface area contributed by atoms with Gasteiger partial charge < -0.3 is 15.4 Å². The van der Waals surface area contributed by atoms with Crippen molar-refractivity contribution in [1.29, 1.82) is 5.26 Å². The molecule has 2 aromatic rings. The van der Waals surface area contributed by atoms with E-state index in [1.165, 1.54) is 0 Å². The van der Waals surface area contributed by atoms with Crippen LogP contribution in [0.2, 0.25) is 5.02 Å². The van der Waals surface area contributed by atoms with E-state index in [4.69, 9.17) is 21.3 Å². The van der Waals surface area contributed by atoms with Crippen LogP contribution in [-0.2, 0) is 11.2 Å². The Hall–Kier alpha value is -2.27. The van der Waals surface area contributed by atoms with Gasteiger partial charge in [0.2, 0.25) is 0 Å². The quantitative estimate of drug-likeness (QED) is 0.508. The number of nitrogens with zero attached hydrogens (tertiary/aromatic N) is 3. The molecule has 0 atom stereocenters. The topological polar surface area (TPSA) is 82.9 Å². The summed E-state index contributed by atoms with van der Waals surface area (Å²) >= 11 is 6.52. The Labute approximate surface area is 206 Å². The van der Waals surface area contributed by atoms with Gasteiger partial charge in [0.15, 0.2) is 0 Å². The molecule has 2 N–H and O–H groups in total. The number of anilines is 1. The van der Waals surface area contributed by atoms with Crippen LogP contribution in [0.4, 0.5) is 10.2 Å². The molecule has 0 amide bonds. The van der Waals surface area contributed by atoms with Gasteiger partial charge in [0.05, 0.1) is 22.2 Å². The number of ether oxygens (including phenoxy) is 1. The van der Waals surface area contributed by atoms with Crippen molar-refractivity contribution in [3.05, 3.63) is 41.2 Å². The zero-order valence-electron chi connectivity index (χ0n) is 19.5. The highest BCUT2D eigenvalue weighted by molar-refractivity contribution is 6.33. The highest BCUT2D eigenvalue weighted by Gasteiger charge is 2.32. The van der Waals surface area contributed by atoms with Crippen molar-refractivity contribution in [2.75, 3.05) is 38.3 Å². The molecule has 182 valence electrons. The Bertz CT molecular complexity index is 983. The maximum atomic E-state index is 12.4. The number of rotatable bonds is 9. The second-order valence-corrected chi connectivity index (χ2v) is 9.89. The fourth-order valence-electron chi connectivity index (χ4n) is 4.95. The molecule has 0 unspecified atom stereocenters. The molecule has 0 bridgehead atoms. The van der Waals surface area contributed by atoms with Gasteiger partial charge in [-0.25, -0.2) is 9.37 Å². The standard InChI is InChI=1S/C26H33ClFN5O/c27-23-16-31-21(14-19-4-6-20(7-5-19)30-11-10-28)15-22(23)24-2-1-3-25(33-24)32-18-26(17-29)8-12-34-13-9-26/h1-3,15-16,19-20,30H,4-14,18H2,(H,32,33). The van der Waals surface area contributed by atoms with Crippen LogP contribution < -0.4 is 10.6 Å². The monoisotopic (exact) mass is 485 g/mol. The van der Waals surface area contributed by atoms with Crippen LogP contribution in [0.5, 0.6) is 0 Å². The largest absolute Gasteiger partial charge is 0.381 e. The highest BCUT2D eigenvalue weighted by atomic mass is 35.5. The van der Waals surface area contributed by atoms with E-state index in [1.807, 2.05) is 18.2 Å². The van der Waals surface area contributed by atoms with Crippen molar-refractivity contribution >= 4 is 17.4 Å². The third kappa shape index (κ3) is 6.44. The smallest absolute Gasteiger partial charge is 0.126 e. The predicted molar refractivity (Wildman–Crippen MR) is 132 cm³/mol. The summed E-state index contributed by atoms with van der Waals surface area (Å²) in [6, 6.07) is 10.8. The van der Waals surface area contributed by atoms with E-state index in [0.717, 1.165) is 67.7 Å². The molecule has 1 saturated carbocycles. The van der Waals surface area contributed by atoms with Crippen molar-refractivity contribution in [2.24, 2.45) is 11.3 Å². The minimum Gasteiger partial charge on any atom is -0.381 e. The first-order valence-electron chi connectivity index (χ1n) is 12.2. The van der Waals surface area contributed by atoms with Gasteiger partial charge in [0.25, 0.3) is 0 Å². The Morgan fingerprint density at radius 1 is 1.21 bits per heavy atom. The molecule has 3 heterocycles. The lowest BCUT2D eigenvalue weighted by atomic mass is 9.82. The molecule has 8 heteroatoms. The molecule has 1 aliphatic carbocycles. The van der Waals surface area contributed by atoms with Crippen molar-refractivity contribution < 1.29 is 9.13 Å². The van der Waals surface area contributed by atoms with Crippen LogP contribution in [-0.4, -0.2) is 49.0 Å². The zero-order valence-corrected chi connectivity index (χ0v) is 20.3. The Kier molecular flexibility index (Phi) is 8.71. The number of pyridine rings is 2. The number of hydrogen-bond acceptors (Lipinski definition) is 6. The molecule has 1 saturated heterocycles. The Balaban J connectivity index is 1.40. The summed E-state index contributed by atoms with van der Waals surface area (Å²) in [5.74, 6) is 1.31. The third-order valence-corrected chi connectivity index (χ3v) is 7.41. The van der Waals surface area contributed by atoms with Gasteiger partial charge in [0, 0.05) is 49.8 Å². The van der Waals surface area contributed by atoms with E-state index in [2.05, 4.69) is 27.8 Å². The number of nitriles is 1. The molecule has 2 fully saturated rings. The van der Waals surface area contributed by atoms with E-state index in [1.54, 1.807) is 6.20 Å². The number of alkyl halides is 1. The lowest BCUT2D eigenvalue weighted by Gasteiger charge is -2.30. The molecule has 4 rings (SSSR count). The molecule has 0 spiro atoms. The van der Waals surface area contributed by atoms with Crippen LogP contribution in [0.15, 0.2) is 30.5 Å². The van der Waals surface area contributed by atoms with Gasteiger partial charge in [0.1, 0.15) is 12.5 Å². The first-order chi connectivity index (χ1) is 16.6. The lowest BCUT2D eigenvalue weighted by Crippen LogP contribution is -2.34. The molecule has 6 nitrogen and oxygen atoms in total. The molecule has 0 radical (unpaired) electrons. The number of aromatic nitrogens is 2. The maximum absolute atomic E-state index is 12.4. The van der Waals surface area contributed by atoms with Crippen molar-refractivity contribution in [2.45, 2.75) is 51.0 Å². The SMILES string of the molecule is N#CC1(CNc2cccc(-c3cc(CC4CCC(NCCF)CC4)ncc3Cl)n2)CCOCC1. The molecular formula is C26H33ClFN5O. The maximum Gasteiger partial charge on any atom is 0.126 e. The molecule has 34 heavy (non-hydrogen) atoms. The fourth-order valence-corrected chi connectivity index (χ4v) is 5.15. The average molecular weight is 486 g/mol. The summed E-state index contributed by atoms with van der Waals surface area (Å²) in [5.41, 5.74) is 2.26. The fraction of sp³-hybridized carbons (Fsp3) is 0.577. The highest BCUT2D eigenvalue weighted by Crippen LogP contribution is 2.32. The first-order valence-corrected chi connectivity index (χ1v) is 12.6. The minimum atomic E-state index is -0.419. The summed E-state index contributed by atoms with van der Waals surface area (Å²) < 4.78 is 17.8. The summed E-state index contributed by atoms with van der Waals surface area (Å²) in [6.45, 7) is 1.92. The van der Waals surface area contributed by atoms with E-state index in [-0.39, 0.29) is 6.67 Å². The van der Waals surface area contributed by atoms with E-state index < -0.39 is 5.41 Å². The zero-order chi connectivity index (χ0) is 23.8. The summed E-state index contributed by atoms with van der Waals surface area (Å²) in [7, 11) is 0. The number of halogens is 2. The molecule has 1 aliphatic heterocycles. The summed E-state index contributed by atoms with van der Waals surface area (Å²) in [5, 5.41) is 16.9. The average Bonchev–Trinajstić information content (AvgIpc) is 2.89. The second-order valence-electron chi connectivity index (χ2n) is 9.49. The molecular weight excluding hydrogens is 453 g/mol. The van der Waals surface area contributed by atoms with Crippen LogP contribution >= 0.6 is 11.6 Å². The van der Waals surface area contributed by atoms with E-state index >= 15 is 0 Å². The van der Waals surface area contributed by atoms with Crippen LogP contribution in [0.3, 0.4) is 0 Å². The van der Waals surface area contributed by atoms with Crippen molar-refractivity contribution in [3.63, 3.8) is 0 Å². The van der Waals surface area contributed by atoms with Crippen LogP contribution in [0, 0.1) is 22.7 Å². The van der Waals surface area contributed by atoms with Crippen molar-refractivity contribution in [3.8, 4) is 17.3 Å². The minimum absolute atomic E-state index is 0.309. The number of nitrogens with one attached hydrogen (secondary N) is 2. The molecule has 0 aromatic carbocycles. The Morgan fingerprint density at radius 2 is 2.00 bits per heavy atom. The number of hydrogen-bond donors (Lipinski definition) is 2. The van der Waals surface area contributed by atoms with E-state index in [9.17, 15) is 9.65 Å². The van der Waals surface area contributed by atoms with Crippen molar-refractivity contribution in [1.82, 2.24) is 15.3 Å². The summed E-state index contributed by atoms with van der Waals surface area (Å²) in [4.78, 5) is 9.36. The van der Waals surface area contributed by atoms with Gasteiger partial charge in [-0.1, -0.05) is 17.7 Å². The normalized spacial score (nSPS) is 22.1. The second kappa shape index (κ2) is 11.9. The third-order valence-electron chi connectivity index (χ3n) is 7.10. The van der Waals surface area contributed by atoms with Gasteiger partial charge in [-0.15, -0.1) is 0 Å². The van der Waals surface area contributed by atoms with Gasteiger partial charge in [-0.3, -0.25) is 4.98 Å². The molecule has 2 aromatic heterocycles. The van der Waals surface area contributed by atoms with Crippen LogP contribution in [0.25, 0.3) is 11.3 Å².